The van der Waals surface area contributed by atoms with Crippen LogP contribution in [0, 0.1) is 5.92 Å². The number of ether oxygens (including phenoxy) is 1. The fraction of sp³-hybridized carbons (Fsp3) is 0.857. The molecule has 0 radical (unpaired) electrons. The van der Waals surface area contributed by atoms with Gasteiger partial charge >= 0.3 is 0 Å². The molecule has 1 N–H and O–H groups in total. The van der Waals surface area contributed by atoms with Gasteiger partial charge < -0.3 is 15.0 Å². The third-order valence-corrected chi connectivity index (χ3v) is 6.14. The molecular weight excluding hydrogens is 322 g/mol. The summed E-state index contributed by atoms with van der Waals surface area (Å²) in [5.74, 6) is -1.34. The number of amides is 2. The Labute approximate surface area is 136 Å². The van der Waals surface area contributed by atoms with Crippen LogP contribution in [0.15, 0.2) is 0 Å². The van der Waals surface area contributed by atoms with Crippen molar-refractivity contribution in [3.8, 4) is 0 Å². The first-order chi connectivity index (χ1) is 10.8. The lowest BCUT2D eigenvalue weighted by atomic mass is 9.87. The third kappa shape index (κ3) is 2.97. The van der Waals surface area contributed by atoms with Crippen molar-refractivity contribution in [2.75, 3.05) is 45.6 Å². The first-order valence-corrected chi connectivity index (χ1v) is 9.85. The highest BCUT2D eigenvalue weighted by atomic mass is 32.2. The molecule has 2 amide bonds. The third-order valence-electron chi connectivity index (χ3n) is 4.93. The van der Waals surface area contributed by atoms with Gasteiger partial charge in [0.05, 0.1) is 25.3 Å². The van der Waals surface area contributed by atoms with Crippen LogP contribution in [0.25, 0.3) is 0 Å². The van der Waals surface area contributed by atoms with Gasteiger partial charge in [-0.25, -0.2) is 8.42 Å². The summed E-state index contributed by atoms with van der Waals surface area (Å²) in [5.41, 5.74) is -1.39. The molecule has 0 bridgehead atoms. The largest absolute Gasteiger partial charge is 0.361 e. The molecule has 23 heavy (non-hydrogen) atoms. The van der Waals surface area contributed by atoms with E-state index in [1.807, 2.05) is 0 Å². The second-order valence-electron chi connectivity index (χ2n) is 6.49. The van der Waals surface area contributed by atoms with Crippen LogP contribution in [0.1, 0.15) is 19.3 Å². The van der Waals surface area contributed by atoms with Crippen molar-refractivity contribution >= 4 is 21.8 Å². The van der Waals surface area contributed by atoms with Crippen LogP contribution in [0.4, 0.5) is 0 Å². The first kappa shape index (κ1) is 16.7. The average Bonchev–Trinajstić information content (AvgIpc) is 2.91. The van der Waals surface area contributed by atoms with E-state index in [1.54, 1.807) is 4.90 Å². The predicted molar refractivity (Wildman–Crippen MR) is 82.0 cm³/mol. The van der Waals surface area contributed by atoms with Gasteiger partial charge in [-0.1, -0.05) is 0 Å². The molecule has 0 unspecified atom stereocenters. The van der Waals surface area contributed by atoms with Crippen molar-refractivity contribution < 1.29 is 22.7 Å². The zero-order valence-electron chi connectivity index (χ0n) is 13.3. The maximum atomic E-state index is 12.9. The van der Waals surface area contributed by atoms with E-state index in [0.717, 1.165) is 25.5 Å². The number of hydrogen-bond donors (Lipinski definition) is 1. The van der Waals surface area contributed by atoms with E-state index in [2.05, 4.69) is 5.32 Å². The van der Waals surface area contributed by atoms with Crippen LogP contribution >= 0.6 is 0 Å². The number of morpholine rings is 1. The van der Waals surface area contributed by atoms with E-state index in [9.17, 15) is 18.0 Å². The van der Waals surface area contributed by atoms with Crippen molar-refractivity contribution in [1.82, 2.24) is 14.5 Å². The van der Waals surface area contributed by atoms with Gasteiger partial charge in [0, 0.05) is 26.2 Å². The quantitative estimate of drug-likeness (QED) is 0.676. The second-order valence-corrected chi connectivity index (χ2v) is 8.47. The van der Waals surface area contributed by atoms with Crippen molar-refractivity contribution in [2.45, 2.75) is 24.9 Å². The Balaban J connectivity index is 1.90. The lowest BCUT2D eigenvalue weighted by Gasteiger charge is -2.38. The molecular formula is C14H23N3O5S. The van der Waals surface area contributed by atoms with E-state index in [1.165, 1.54) is 4.31 Å². The Kier molecular flexibility index (Phi) is 4.37. The SMILES string of the molecule is CS(=O)(=O)N1C[C@H](C(=O)N2CCCCC2)[C@@]2(C1)OCCNC2=O. The lowest BCUT2D eigenvalue weighted by Crippen LogP contribution is -2.62. The van der Waals surface area contributed by atoms with E-state index in [-0.39, 0.29) is 31.5 Å². The predicted octanol–water partition coefficient (Wildman–Crippen LogP) is -1.22. The molecule has 2 atom stereocenters. The molecule has 3 aliphatic heterocycles. The summed E-state index contributed by atoms with van der Waals surface area (Å²) in [6.45, 7) is 1.89. The van der Waals surface area contributed by atoms with Crippen LogP contribution in [-0.2, 0) is 24.3 Å². The average molecular weight is 345 g/mol. The van der Waals surface area contributed by atoms with Crippen molar-refractivity contribution in [3.63, 3.8) is 0 Å². The highest BCUT2D eigenvalue weighted by Crippen LogP contribution is 2.36. The minimum atomic E-state index is -3.50. The molecule has 3 fully saturated rings. The number of rotatable bonds is 2. The summed E-state index contributed by atoms with van der Waals surface area (Å²) in [6, 6.07) is 0. The maximum Gasteiger partial charge on any atom is 0.254 e. The Morgan fingerprint density at radius 1 is 1.30 bits per heavy atom. The van der Waals surface area contributed by atoms with Gasteiger partial charge in [0.1, 0.15) is 0 Å². The van der Waals surface area contributed by atoms with E-state index < -0.39 is 21.5 Å². The molecule has 0 saturated carbocycles. The number of nitrogens with one attached hydrogen (secondary N) is 1. The van der Waals surface area contributed by atoms with Crippen molar-refractivity contribution in [1.29, 1.82) is 0 Å². The first-order valence-electron chi connectivity index (χ1n) is 8.01. The number of nitrogens with zero attached hydrogens (tertiary/aromatic N) is 2. The molecule has 0 aliphatic carbocycles. The van der Waals surface area contributed by atoms with Gasteiger partial charge in [0.15, 0.2) is 5.60 Å². The van der Waals surface area contributed by atoms with Gasteiger partial charge in [0.2, 0.25) is 15.9 Å². The summed E-state index contributed by atoms with van der Waals surface area (Å²) >= 11 is 0. The number of carbonyl (C=O) groups is 2. The topological polar surface area (TPSA) is 96.0 Å². The molecule has 9 heteroatoms. The molecule has 130 valence electrons. The molecule has 0 aromatic carbocycles. The summed E-state index contributed by atoms with van der Waals surface area (Å²) in [6.07, 6.45) is 4.06. The number of piperidine rings is 1. The van der Waals surface area contributed by atoms with E-state index in [4.69, 9.17) is 4.74 Å². The van der Waals surface area contributed by atoms with Crippen LogP contribution < -0.4 is 5.32 Å². The van der Waals surface area contributed by atoms with Gasteiger partial charge in [-0.2, -0.15) is 4.31 Å². The Morgan fingerprint density at radius 2 is 2.00 bits per heavy atom. The van der Waals surface area contributed by atoms with E-state index >= 15 is 0 Å². The molecule has 3 heterocycles. The Bertz CT molecular complexity index is 602. The molecule has 3 saturated heterocycles. The second kappa shape index (κ2) is 6.03. The molecule has 0 aromatic rings. The van der Waals surface area contributed by atoms with Gasteiger partial charge in [0.25, 0.3) is 5.91 Å². The molecule has 8 nitrogen and oxygen atoms in total. The van der Waals surface area contributed by atoms with Crippen LogP contribution in [-0.4, -0.2) is 80.6 Å². The zero-order chi connectivity index (χ0) is 16.7. The monoisotopic (exact) mass is 345 g/mol. The minimum Gasteiger partial charge on any atom is -0.361 e. The fourth-order valence-corrected chi connectivity index (χ4v) is 4.49. The van der Waals surface area contributed by atoms with Crippen molar-refractivity contribution in [3.05, 3.63) is 0 Å². The highest BCUT2D eigenvalue weighted by molar-refractivity contribution is 7.88. The highest BCUT2D eigenvalue weighted by Gasteiger charge is 2.59. The van der Waals surface area contributed by atoms with Gasteiger partial charge in [-0.3, -0.25) is 9.59 Å². The lowest BCUT2D eigenvalue weighted by molar-refractivity contribution is -0.167. The normalized spacial score (nSPS) is 33.0. The standard InChI is InChI=1S/C14H23N3O5S/c1-23(20,21)17-9-11(12(18)16-6-3-2-4-7-16)14(10-17)13(19)15-5-8-22-14/h11H,2-10H2,1H3,(H,15,19)/t11-,14-/m1/s1. The maximum absolute atomic E-state index is 12.9. The Hall–Kier alpha value is -1.19. The minimum absolute atomic E-state index is 0.00157. The zero-order valence-corrected chi connectivity index (χ0v) is 14.1. The number of sulfonamides is 1. The number of hydrogen-bond acceptors (Lipinski definition) is 5. The smallest absolute Gasteiger partial charge is 0.254 e. The molecule has 3 rings (SSSR count). The number of likely N-dealkylation sites (tertiary alicyclic amines) is 1. The summed E-state index contributed by atoms with van der Waals surface area (Å²) in [7, 11) is -3.50. The molecule has 3 aliphatic rings. The van der Waals surface area contributed by atoms with Crippen LogP contribution in [0.3, 0.4) is 0 Å². The molecule has 1 spiro atoms. The van der Waals surface area contributed by atoms with Crippen LogP contribution in [0.5, 0.6) is 0 Å². The van der Waals surface area contributed by atoms with Crippen LogP contribution in [0.2, 0.25) is 0 Å². The fourth-order valence-electron chi connectivity index (χ4n) is 3.64. The number of carbonyl (C=O) groups excluding carboxylic acids is 2. The van der Waals surface area contributed by atoms with Gasteiger partial charge in [-0.15, -0.1) is 0 Å². The molecule has 0 aromatic heterocycles. The van der Waals surface area contributed by atoms with E-state index in [0.29, 0.717) is 19.6 Å². The Morgan fingerprint density at radius 3 is 2.61 bits per heavy atom. The van der Waals surface area contributed by atoms with Crippen molar-refractivity contribution in [2.24, 2.45) is 5.92 Å². The summed E-state index contributed by atoms with van der Waals surface area (Å²) in [4.78, 5) is 27.1. The summed E-state index contributed by atoms with van der Waals surface area (Å²) < 4.78 is 30.8. The van der Waals surface area contributed by atoms with Gasteiger partial charge in [-0.05, 0) is 19.3 Å². The summed E-state index contributed by atoms with van der Waals surface area (Å²) in [5, 5.41) is 2.72.